The molecule has 100 valence electrons. The first-order valence-electron chi connectivity index (χ1n) is 6.79. The van der Waals surface area contributed by atoms with Crippen LogP contribution in [0.3, 0.4) is 0 Å². The normalized spacial score (nSPS) is 13.9. The van der Waals surface area contributed by atoms with E-state index in [-0.39, 0.29) is 0 Å². The van der Waals surface area contributed by atoms with E-state index in [0.717, 1.165) is 24.6 Å². The number of fused-ring (bicyclic) bond motifs is 1. The summed E-state index contributed by atoms with van der Waals surface area (Å²) < 4.78 is 0. The number of nitrogens with zero attached hydrogens (tertiary/aromatic N) is 1. The molecule has 0 unspecified atom stereocenters. The summed E-state index contributed by atoms with van der Waals surface area (Å²) in [5, 5.41) is 8.08. The van der Waals surface area contributed by atoms with Crippen molar-refractivity contribution in [1.29, 1.82) is 0 Å². The Kier molecular flexibility index (Phi) is 3.80. The van der Waals surface area contributed by atoms with Gasteiger partial charge < -0.3 is 10.6 Å². The molecule has 0 atom stereocenters. The van der Waals surface area contributed by atoms with Crippen molar-refractivity contribution in [3.8, 4) is 0 Å². The van der Waals surface area contributed by atoms with Crippen LogP contribution in [0.15, 0.2) is 24.4 Å². The summed E-state index contributed by atoms with van der Waals surface area (Å²) >= 11 is 1.76. The molecule has 0 amide bonds. The second kappa shape index (κ2) is 5.72. The highest BCUT2D eigenvalue weighted by Gasteiger charge is 2.08. The van der Waals surface area contributed by atoms with Crippen LogP contribution in [0.25, 0.3) is 0 Å². The molecule has 19 heavy (non-hydrogen) atoms. The largest absolute Gasteiger partial charge is 0.385 e. The number of aryl methyl sites for hydroxylation is 2. The Morgan fingerprint density at radius 1 is 1.37 bits per heavy atom. The van der Waals surface area contributed by atoms with Gasteiger partial charge in [0.2, 0.25) is 0 Å². The first kappa shape index (κ1) is 12.6. The van der Waals surface area contributed by atoms with Crippen molar-refractivity contribution in [3.63, 3.8) is 0 Å². The minimum Gasteiger partial charge on any atom is -0.385 e. The molecular weight excluding hydrogens is 254 g/mol. The first-order valence-corrected chi connectivity index (χ1v) is 7.60. The lowest BCUT2D eigenvalue weighted by Gasteiger charge is -2.18. The summed E-state index contributed by atoms with van der Waals surface area (Å²) in [6.07, 6.45) is 4.37. The van der Waals surface area contributed by atoms with Crippen LogP contribution in [0.5, 0.6) is 0 Å². The minimum atomic E-state index is 0.855. The van der Waals surface area contributed by atoms with Crippen LogP contribution in [0.2, 0.25) is 0 Å². The molecule has 4 heteroatoms. The third kappa shape index (κ3) is 3.14. The number of rotatable bonds is 4. The highest BCUT2D eigenvalue weighted by Crippen LogP contribution is 2.22. The Hall–Kier alpha value is -1.39. The van der Waals surface area contributed by atoms with Gasteiger partial charge in [-0.1, -0.05) is 12.1 Å². The van der Waals surface area contributed by atoms with E-state index in [4.69, 9.17) is 0 Å². The molecule has 2 aromatic rings. The maximum Gasteiger partial charge on any atom is 0.107 e. The number of nitrogens with one attached hydrogen (secondary N) is 2. The molecular formula is C15H19N3S. The molecule has 1 aliphatic rings. The van der Waals surface area contributed by atoms with Gasteiger partial charge in [-0.25, -0.2) is 4.98 Å². The van der Waals surface area contributed by atoms with Crippen LogP contribution in [0.4, 0.5) is 5.69 Å². The summed E-state index contributed by atoms with van der Waals surface area (Å²) in [4.78, 5) is 5.64. The number of hydrogen-bond acceptors (Lipinski definition) is 4. The maximum absolute atomic E-state index is 4.36. The quantitative estimate of drug-likeness (QED) is 0.899. The number of hydrogen-bond donors (Lipinski definition) is 2. The molecule has 3 nitrogen and oxygen atoms in total. The van der Waals surface area contributed by atoms with Crippen LogP contribution in [-0.4, -0.2) is 11.5 Å². The molecule has 1 aromatic carbocycles. The van der Waals surface area contributed by atoms with Crippen LogP contribution < -0.4 is 10.6 Å². The number of thiazole rings is 1. The summed E-state index contributed by atoms with van der Waals surface area (Å²) in [5.41, 5.74) is 4.12. The van der Waals surface area contributed by atoms with Gasteiger partial charge >= 0.3 is 0 Å². The average molecular weight is 273 g/mol. The van der Waals surface area contributed by atoms with E-state index in [1.807, 2.05) is 6.20 Å². The van der Waals surface area contributed by atoms with Crippen molar-refractivity contribution in [2.45, 2.75) is 32.9 Å². The zero-order valence-electron chi connectivity index (χ0n) is 11.2. The van der Waals surface area contributed by atoms with Gasteiger partial charge in [-0.3, -0.25) is 0 Å². The Bertz CT molecular complexity index is 562. The minimum absolute atomic E-state index is 0.855. The Balaban J connectivity index is 1.58. The van der Waals surface area contributed by atoms with E-state index >= 15 is 0 Å². The second-order valence-corrected chi connectivity index (χ2v) is 6.31. The van der Waals surface area contributed by atoms with Crippen LogP contribution in [0.1, 0.15) is 27.4 Å². The fourth-order valence-electron chi connectivity index (χ4n) is 2.44. The van der Waals surface area contributed by atoms with E-state index in [1.54, 1.807) is 11.3 Å². The molecule has 1 aromatic heterocycles. The van der Waals surface area contributed by atoms with Crippen LogP contribution in [-0.2, 0) is 19.5 Å². The molecule has 1 aliphatic heterocycles. The van der Waals surface area contributed by atoms with Gasteiger partial charge in [-0.15, -0.1) is 11.3 Å². The summed E-state index contributed by atoms with van der Waals surface area (Å²) in [5.74, 6) is 0. The molecule has 0 aliphatic carbocycles. The molecule has 2 heterocycles. The van der Waals surface area contributed by atoms with E-state index in [2.05, 4.69) is 40.7 Å². The molecule has 0 bridgehead atoms. The van der Waals surface area contributed by atoms with Gasteiger partial charge in [0.25, 0.3) is 0 Å². The maximum atomic E-state index is 4.36. The molecule has 0 saturated heterocycles. The number of aromatic nitrogens is 1. The number of benzene rings is 1. The highest BCUT2D eigenvalue weighted by molar-refractivity contribution is 7.11. The van der Waals surface area contributed by atoms with Gasteiger partial charge in [-0.2, -0.15) is 0 Å². The zero-order valence-corrected chi connectivity index (χ0v) is 12.0. The first-order chi connectivity index (χ1) is 9.31. The van der Waals surface area contributed by atoms with Gasteiger partial charge in [0.1, 0.15) is 5.01 Å². The average Bonchev–Trinajstić information content (AvgIpc) is 2.84. The van der Waals surface area contributed by atoms with Crippen molar-refractivity contribution >= 4 is 17.0 Å². The lowest BCUT2D eigenvalue weighted by molar-refractivity contribution is 0.688. The highest BCUT2D eigenvalue weighted by atomic mass is 32.1. The topological polar surface area (TPSA) is 37.0 Å². The predicted molar refractivity (Wildman–Crippen MR) is 80.6 cm³/mol. The third-order valence-corrected chi connectivity index (χ3v) is 4.30. The van der Waals surface area contributed by atoms with Gasteiger partial charge in [0.05, 0.1) is 0 Å². The lowest BCUT2D eigenvalue weighted by atomic mass is 10.0. The Morgan fingerprint density at radius 3 is 3.16 bits per heavy atom. The van der Waals surface area contributed by atoms with E-state index in [9.17, 15) is 0 Å². The van der Waals surface area contributed by atoms with Crippen molar-refractivity contribution in [3.05, 3.63) is 45.4 Å². The van der Waals surface area contributed by atoms with E-state index < -0.39 is 0 Å². The summed E-state index contributed by atoms with van der Waals surface area (Å²) in [6, 6.07) is 6.73. The van der Waals surface area contributed by atoms with Gasteiger partial charge in [0.15, 0.2) is 0 Å². The van der Waals surface area contributed by atoms with E-state index in [0.29, 0.717) is 0 Å². The molecule has 0 fully saturated rings. The van der Waals surface area contributed by atoms with Crippen molar-refractivity contribution < 1.29 is 0 Å². The van der Waals surface area contributed by atoms with Crippen molar-refractivity contribution in [2.75, 3.05) is 11.9 Å². The zero-order chi connectivity index (χ0) is 13.1. The second-order valence-electron chi connectivity index (χ2n) is 4.99. The van der Waals surface area contributed by atoms with Crippen LogP contribution in [0, 0.1) is 6.92 Å². The Labute approximate surface area is 118 Å². The van der Waals surface area contributed by atoms with Crippen LogP contribution >= 0.6 is 11.3 Å². The van der Waals surface area contributed by atoms with Gasteiger partial charge in [0, 0.05) is 36.4 Å². The third-order valence-electron chi connectivity index (χ3n) is 3.38. The molecule has 0 radical (unpaired) electrons. The Morgan fingerprint density at radius 2 is 2.32 bits per heavy atom. The molecule has 0 saturated carbocycles. The molecule has 3 rings (SSSR count). The smallest absolute Gasteiger partial charge is 0.107 e. The molecule has 2 N–H and O–H groups in total. The fourth-order valence-corrected chi connectivity index (χ4v) is 3.19. The van der Waals surface area contributed by atoms with Gasteiger partial charge in [-0.05, 0) is 37.0 Å². The SMILES string of the molecule is Cc1cnc(CNCc2ccc3c(c2)CCCN3)s1. The van der Waals surface area contributed by atoms with Crippen molar-refractivity contribution in [2.24, 2.45) is 0 Å². The number of anilines is 1. The monoisotopic (exact) mass is 273 g/mol. The van der Waals surface area contributed by atoms with E-state index in [1.165, 1.54) is 34.5 Å². The fraction of sp³-hybridized carbons (Fsp3) is 0.400. The standard InChI is InChI=1S/C15H19N3S/c1-11-8-18-15(19-11)10-16-9-12-4-5-14-13(7-12)3-2-6-17-14/h4-5,7-8,16-17H,2-3,6,9-10H2,1H3. The van der Waals surface area contributed by atoms with Crippen molar-refractivity contribution in [1.82, 2.24) is 10.3 Å². The predicted octanol–water partition coefficient (Wildman–Crippen LogP) is 3.10. The summed E-state index contributed by atoms with van der Waals surface area (Å²) in [7, 11) is 0. The molecule has 0 spiro atoms. The summed E-state index contributed by atoms with van der Waals surface area (Å²) in [6.45, 7) is 4.96. The lowest BCUT2D eigenvalue weighted by Crippen LogP contribution is -2.15.